The van der Waals surface area contributed by atoms with Crippen LogP contribution in [0.1, 0.15) is 45.6 Å². The fraction of sp³-hybridized carbons (Fsp3) is 0. The highest BCUT2D eigenvalue weighted by atomic mass is 19.2. The summed E-state index contributed by atoms with van der Waals surface area (Å²) in [5.74, 6) is -50.1. The van der Waals surface area contributed by atoms with Gasteiger partial charge in [-0.15, -0.1) is 0 Å². The van der Waals surface area contributed by atoms with Gasteiger partial charge in [-0.3, -0.25) is 0 Å². The van der Waals surface area contributed by atoms with E-state index in [9.17, 15) is 17.6 Å². The maximum Gasteiger partial charge on any atom is 0.200 e. The molecule has 7 aromatic rings. The van der Waals surface area contributed by atoms with Gasteiger partial charge < -0.3 is 9.97 Å². The van der Waals surface area contributed by atoms with E-state index in [1.807, 2.05) is 0 Å². The highest BCUT2D eigenvalue weighted by molar-refractivity contribution is 5.98. The molecule has 6 nitrogen and oxygen atoms in total. The number of nitrogens with one attached hydrogen (secondary N) is 2. The Kier molecular flexibility index (Phi) is 12.5. The van der Waals surface area contributed by atoms with E-state index in [0.29, 0.717) is 0 Å². The summed E-state index contributed by atoms with van der Waals surface area (Å²) >= 11 is 0. The van der Waals surface area contributed by atoms with E-state index in [0.717, 1.165) is 85.0 Å². The maximum atomic E-state index is 15.9. The predicted molar refractivity (Wildman–Crippen MR) is 248 cm³/mol. The number of hydrogen-bond donors (Lipinski definition) is 2. The van der Waals surface area contributed by atoms with Gasteiger partial charge in [-0.2, -0.15) is 0 Å². The van der Waals surface area contributed by atoms with Gasteiger partial charge >= 0.3 is 0 Å². The van der Waals surface area contributed by atoms with Crippen molar-refractivity contribution < 1.29 is 87.8 Å². The smallest absolute Gasteiger partial charge is 0.200 e. The Bertz CT molecular complexity index is 3830. The maximum absolute atomic E-state index is 15.9. The number of fused-ring (bicyclic) bond motifs is 12. The van der Waals surface area contributed by atoms with E-state index in [2.05, 4.69) is 29.9 Å². The Balaban J connectivity index is 1.33. The molecular formula is C54H16F20N6. The first-order chi connectivity index (χ1) is 38.0. The van der Waals surface area contributed by atoms with Gasteiger partial charge in [0.15, 0.2) is 93.1 Å². The van der Waals surface area contributed by atoms with Crippen LogP contribution in [-0.4, -0.2) is 29.9 Å². The Morgan fingerprint density at radius 2 is 0.362 bits per heavy atom. The molecule has 0 radical (unpaired) electrons. The number of aromatic nitrogens is 6. The highest BCUT2D eigenvalue weighted by Crippen LogP contribution is 2.43. The lowest BCUT2D eigenvalue weighted by Gasteiger charge is -2.11. The Labute approximate surface area is 430 Å². The quantitative estimate of drug-likeness (QED) is 0.104. The van der Waals surface area contributed by atoms with E-state index in [1.165, 1.54) is 0 Å². The first-order valence-corrected chi connectivity index (χ1v) is 22.2. The van der Waals surface area contributed by atoms with E-state index in [1.54, 1.807) is 0 Å². The normalized spacial score (nSPS) is 12.6. The molecule has 80 heavy (non-hydrogen) atoms. The summed E-state index contributed by atoms with van der Waals surface area (Å²) in [5.41, 5.74) is -17.9. The largest absolute Gasteiger partial charge is 0.354 e. The first kappa shape index (κ1) is 52.4. The van der Waals surface area contributed by atoms with Gasteiger partial charge in [-0.1, -0.05) is 0 Å². The van der Waals surface area contributed by atoms with Crippen molar-refractivity contribution in [2.45, 2.75) is 0 Å². The average molecular weight is 1130 g/mol. The molecule has 0 fully saturated rings. The molecule has 11 rings (SSSR count). The minimum Gasteiger partial charge on any atom is -0.354 e. The minimum absolute atomic E-state index is 0.353. The molecule has 2 N–H and O–H groups in total. The molecule has 4 aromatic carbocycles. The number of rotatable bonds is 4. The lowest BCUT2D eigenvalue weighted by molar-refractivity contribution is 0.381. The molecule has 0 unspecified atom stereocenters. The standard InChI is InChI=1S/C54H16F20N6/c55-35-31(36(56)44(64)51(71)43(35)63)27-19-5-1-15(75-19)13-16-2-6-20(76-16)28(32-37(57)45(65)52(72)46(66)38(32)58)25-11-12-26(80-25)30(34-41(61)49(69)54(74)50(70)42(34)62)22-8-4-18(78-22)14-17-3-7-21(77-17)29(24-10-9-23(27)79-24)33-39(59)47(67)53(73)48(68)40(33)60/h1-14,79-80H. The van der Waals surface area contributed by atoms with E-state index in [4.69, 9.17) is 0 Å². The summed E-state index contributed by atoms with van der Waals surface area (Å²) in [7, 11) is 0. The molecule has 0 aliphatic carbocycles. The second kappa shape index (κ2) is 19.1. The fourth-order valence-electron chi connectivity index (χ4n) is 8.97. The van der Waals surface area contributed by atoms with Crippen LogP contribution in [0, 0.1) is 116 Å². The Hall–Kier alpha value is -9.62. The van der Waals surface area contributed by atoms with Crippen LogP contribution in [0.15, 0.2) is 36.4 Å². The highest BCUT2D eigenvalue weighted by Gasteiger charge is 2.34. The lowest BCUT2D eigenvalue weighted by atomic mass is 10.0. The van der Waals surface area contributed by atoms with Crippen LogP contribution < -0.4 is 0 Å². The topological polar surface area (TPSA) is 83.1 Å². The molecule has 0 amide bonds. The van der Waals surface area contributed by atoms with Gasteiger partial charge in [0.05, 0.1) is 67.8 Å². The molecule has 0 saturated heterocycles. The summed E-state index contributed by atoms with van der Waals surface area (Å²) in [6.45, 7) is 0. The number of aromatic amines is 2. The molecule has 0 spiro atoms. The molecular weight excluding hydrogens is 1110 g/mol. The van der Waals surface area contributed by atoms with Crippen molar-refractivity contribution in [1.29, 1.82) is 0 Å². The van der Waals surface area contributed by atoms with Crippen LogP contribution in [0.3, 0.4) is 0 Å². The lowest BCUT2D eigenvalue weighted by Crippen LogP contribution is -2.05. The van der Waals surface area contributed by atoms with Crippen molar-refractivity contribution in [3.05, 3.63) is 198 Å². The van der Waals surface area contributed by atoms with Crippen molar-refractivity contribution in [3.63, 3.8) is 0 Å². The van der Waals surface area contributed by atoms with Gasteiger partial charge in [0.1, 0.15) is 0 Å². The number of hydrogen-bond acceptors (Lipinski definition) is 4. The Morgan fingerprint density at radius 3 is 0.537 bits per heavy atom. The number of halogens is 20. The third-order valence-electron chi connectivity index (χ3n) is 12.6. The van der Waals surface area contributed by atoms with Gasteiger partial charge in [0, 0.05) is 44.3 Å². The predicted octanol–water partition coefficient (Wildman–Crippen LogP) is 16.1. The van der Waals surface area contributed by atoms with Gasteiger partial charge in [0.2, 0.25) is 23.3 Å². The molecule has 7 heterocycles. The fourth-order valence-corrected chi connectivity index (χ4v) is 8.97. The summed E-state index contributed by atoms with van der Waals surface area (Å²) < 4.78 is 305. The SMILES string of the molecule is Fc1c(F)c(F)c(-c2c3nc(cc4nc(c(-c5c(F)c(F)c(F)c(F)c5F)c5ccc([nH]5)c(-c5c(F)c(F)c(F)c(F)c5F)c5nc(cc6nc(c(-c7c(F)c(F)c(F)c(F)c7F)c7ccc2[nH]7)C=C6)C=C5)C=C4)C=C3)c(F)c1F. The summed E-state index contributed by atoms with van der Waals surface area (Å²) in [6, 6.07) is 5.18. The zero-order valence-corrected chi connectivity index (χ0v) is 38.4. The number of benzene rings is 4. The second-order valence-corrected chi connectivity index (χ2v) is 17.2. The van der Waals surface area contributed by atoms with Gasteiger partial charge in [-0.05, 0) is 85.0 Å². The number of nitrogens with zero attached hydrogens (tertiary/aromatic N) is 4. The monoisotopic (exact) mass is 1130 g/mol. The molecule has 4 aliphatic heterocycles. The molecule has 0 atom stereocenters. The summed E-state index contributed by atoms with van der Waals surface area (Å²) in [5, 5.41) is 0. The van der Waals surface area contributed by atoms with Gasteiger partial charge in [-0.25, -0.2) is 108 Å². The molecule has 12 bridgehead atoms. The zero-order chi connectivity index (χ0) is 57.2. The van der Waals surface area contributed by atoms with E-state index in [-0.39, 0.29) is 22.8 Å². The van der Waals surface area contributed by atoms with Gasteiger partial charge in [0.25, 0.3) is 0 Å². The van der Waals surface area contributed by atoms with Crippen LogP contribution in [0.4, 0.5) is 87.8 Å². The Morgan fingerprint density at radius 1 is 0.200 bits per heavy atom. The first-order valence-electron chi connectivity index (χ1n) is 22.2. The molecule has 3 aromatic heterocycles. The summed E-state index contributed by atoms with van der Waals surface area (Å²) in [4.78, 5) is 21.6. The average Bonchev–Trinajstić information content (AvgIpc) is 4.48. The third kappa shape index (κ3) is 8.05. The molecule has 4 aliphatic rings. The third-order valence-corrected chi connectivity index (χ3v) is 12.6. The van der Waals surface area contributed by atoms with Crippen molar-refractivity contribution in [3.8, 4) is 44.5 Å². The summed E-state index contributed by atoms with van der Waals surface area (Å²) in [6.07, 6.45) is 7.72. The molecule has 402 valence electrons. The van der Waals surface area contributed by atoms with E-state index >= 15 is 70.2 Å². The van der Waals surface area contributed by atoms with Crippen molar-refractivity contribution in [2.24, 2.45) is 0 Å². The van der Waals surface area contributed by atoms with Crippen LogP contribution >= 0.6 is 0 Å². The van der Waals surface area contributed by atoms with Crippen molar-refractivity contribution in [1.82, 2.24) is 29.9 Å². The minimum atomic E-state index is -2.62. The zero-order valence-electron chi connectivity index (χ0n) is 38.4. The van der Waals surface area contributed by atoms with Crippen molar-refractivity contribution in [2.75, 3.05) is 0 Å². The van der Waals surface area contributed by atoms with E-state index < -0.39 is 206 Å². The van der Waals surface area contributed by atoms with Crippen LogP contribution in [0.5, 0.6) is 0 Å². The van der Waals surface area contributed by atoms with Crippen molar-refractivity contribution >= 4 is 70.7 Å². The van der Waals surface area contributed by atoms with Crippen LogP contribution in [0.2, 0.25) is 0 Å². The van der Waals surface area contributed by atoms with Crippen LogP contribution in [-0.2, 0) is 0 Å². The molecule has 0 saturated carbocycles. The van der Waals surface area contributed by atoms with Crippen LogP contribution in [0.25, 0.3) is 115 Å². The second-order valence-electron chi connectivity index (χ2n) is 17.2. The molecule has 26 heteroatoms. The number of H-pyrrole nitrogens is 2.